The van der Waals surface area contributed by atoms with Gasteiger partial charge in [-0.3, -0.25) is 9.59 Å². The van der Waals surface area contributed by atoms with Crippen LogP contribution in [0.3, 0.4) is 0 Å². The van der Waals surface area contributed by atoms with E-state index in [1.165, 1.54) is 14.0 Å². The van der Waals surface area contributed by atoms with Gasteiger partial charge in [0.25, 0.3) is 0 Å². The van der Waals surface area contributed by atoms with Crippen LogP contribution in [0.15, 0.2) is 60.8 Å². The van der Waals surface area contributed by atoms with Gasteiger partial charge in [-0.1, -0.05) is 61.6 Å². The number of esters is 2. The van der Waals surface area contributed by atoms with Gasteiger partial charge in [0.1, 0.15) is 6.10 Å². The van der Waals surface area contributed by atoms with Gasteiger partial charge in [-0.15, -0.1) is 0 Å². The number of ether oxygens (including phenoxy) is 2. The minimum atomic E-state index is -0.275. The molecule has 4 heteroatoms. The van der Waals surface area contributed by atoms with Crippen LogP contribution in [0.4, 0.5) is 0 Å². The summed E-state index contributed by atoms with van der Waals surface area (Å²) < 4.78 is 9.89. The summed E-state index contributed by atoms with van der Waals surface area (Å²) in [6.45, 7) is 3.53. The highest BCUT2D eigenvalue weighted by Crippen LogP contribution is 2.05. The number of carbonyl (C=O) groups is 2. The highest BCUT2D eigenvalue weighted by molar-refractivity contribution is 5.69. The second-order valence-electron chi connectivity index (χ2n) is 5.96. The van der Waals surface area contributed by atoms with E-state index in [1.54, 1.807) is 0 Å². The summed E-state index contributed by atoms with van der Waals surface area (Å²) >= 11 is 0. The number of allylic oxidation sites excluding steroid dienone is 8. The smallest absolute Gasteiger partial charge is 0.305 e. The molecule has 1 unspecified atom stereocenters. The summed E-state index contributed by atoms with van der Waals surface area (Å²) in [5.74, 6) is -0.439. The molecule has 0 radical (unpaired) electrons. The fraction of sp³-hybridized carbons (Fsp3) is 0.478. The molecule has 1 atom stereocenters. The largest absolute Gasteiger partial charge is 0.469 e. The number of unbranched alkanes of at least 4 members (excludes halogenated alkanes) is 1. The Morgan fingerprint density at radius 1 is 0.926 bits per heavy atom. The number of hydrogen-bond acceptors (Lipinski definition) is 4. The van der Waals surface area contributed by atoms with Gasteiger partial charge in [-0.05, 0) is 38.2 Å². The quantitative estimate of drug-likeness (QED) is 0.171. The van der Waals surface area contributed by atoms with Crippen molar-refractivity contribution in [3.63, 3.8) is 0 Å². The van der Waals surface area contributed by atoms with Gasteiger partial charge in [0.2, 0.25) is 0 Å². The van der Waals surface area contributed by atoms with Gasteiger partial charge in [0.05, 0.1) is 7.11 Å². The van der Waals surface area contributed by atoms with E-state index >= 15 is 0 Å². The van der Waals surface area contributed by atoms with Crippen LogP contribution in [0.25, 0.3) is 0 Å². The van der Waals surface area contributed by atoms with E-state index in [4.69, 9.17) is 4.74 Å². The molecule has 0 spiro atoms. The third kappa shape index (κ3) is 18.2. The molecule has 0 saturated heterocycles. The van der Waals surface area contributed by atoms with Crippen molar-refractivity contribution < 1.29 is 19.1 Å². The minimum absolute atomic E-state index is 0.164. The monoisotopic (exact) mass is 374 g/mol. The zero-order valence-corrected chi connectivity index (χ0v) is 16.9. The van der Waals surface area contributed by atoms with Crippen LogP contribution in [-0.2, 0) is 19.1 Å². The summed E-state index contributed by atoms with van der Waals surface area (Å²) in [5.41, 5.74) is 0. The molecule has 0 aliphatic rings. The highest BCUT2D eigenvalue weighted by Gasteiger charge is 2.04. The molecule has 0 bridgehead atoms. The molecule has 0 fully saturated rings. The molecule has 0 rings (SSSR count). The van der Waals surface area contributed by atoms with E-state index in [-0.39, 0.29) is 18.0 Å². The van der Waals surface area contributed by atoms with E-state index < -0.39 is 0 Å². The SMILES string of the molecule is CCC=CCC=CCC(C=CC=CCC=CCCCC(=O)OC)OC(C)=O. The van der Waals surface area contributed by atoms with Gasteiger partial charge in [-0.2, -0.15) is 0 Å². The average molecular weight is 375 g/mol. The van der Waals surface area contributed by atoms with Crippen molar-refractivity contribution in [1.82, 2.24) is 0 Å². The summed E-state index contributed by atoms with van der Waals surface area (Å²) in [7, 11) is 1.41. The van der Waals surface area contributed by atoms with E-state index in [2.05, 4.69) is 42.0 Å². The summed E-state index contributed by atoms with van der Waals surface area (Å²) in [4.78, 5) is 22.2. The third-order valence-corrected chi connectivity index (χ3v) is 3.52. The Kier molecular flexibility index (Phi) is 16.8. The first kappa shape index (κ1) is 24.6. The van der Waals surface area contributed by atoms with Gasteiger partial charge in [0.15, 0.2) is 0 Å². The standard InChI is InChI=1S/C23H34O4/c1-4-5-6-7-12-15-18-22(27-21(2)24)19-16-13-10-8-9-11-14-17-20-23(25)26-3/h5-6,9-13,15-16,19,22H,4,7-8,14,17-18,20H2,1-3H3. The van der Waals surface area contributed by atoms with Gasteiger partial charge in [0, 0.05) is 19.8 Å². The normalized spacial score (nSPS) is 13.4. The van der Waals surface area contributed by atoms with Crippen LogP contribution in [0.5, 0.6) is 0 Å². The summed E-state index contributed by atoms with van der Waals surface area (Å²) in [6.07, 6.45) is 25.6. The Hall–Kier alpha value is -2.36. The molecule has 0 aromatic rings. The molecule has 0 aromatic heterocycles. The van der Waals surface area contributed by atoms with Crippen molar-refractivity contribution in [3.05, 3.63) is 60.8 Å². The van der Waals surface area contributed by atoms with Crippen LogP contribution >= 0.6 is 0 Å². The fourth-order valence-corrected chi connectivity index (χ4v) is 2.15. The Morgan fingerprint density at radius 2 is 1.63 bits per heavy atom. The molecule has 27 heavy (non-hydrogen) atoms. The molecular formula is C23H34O4. The zero-order valence-electron chi connectivity index (χ0n) is 16.9. The first-order chi connectivity index (χ1) is 13.1. The Morgan fingerprint density at radius 3 is 2.33 bits per heavy atom. The maximum absolute atomic E-state index is 11.2. The topological polar surface area (TPSA) is 52.6 Å². The highest BCUT2D eigenvalue weighted by atomic mass is 16.5. The van der Waals surface area contributed by atoms with Gasteiger partial charge >= 0.3 is 11.9 Å². The Balaban J connectivity index is 4.13. The summed E-state index contributed by atoms with van der Waals surface area (Å²) in [6, 6.07) is 0. The van der Waals surface area contributed by atoms with E-state index in [0.717, 1.165) is 32.1 Å². The molecule has 0 aromatic carbocycles. The first-order valence-electron chi connectivity index (χ1n) is 9.62. The maximum atomic E-state index is 11.2. The second kappa shape index (κ2) is 18.4. The van der Waals surface area contributed by atoms with E-state index in [0.29, 0.717) is 12.8 Å². The van der Waals surface area contributed by atoms with Crippen molar-refractivity contribution >= 4 is 11.9 Å². The van der Waals surface area contributed by atoms with Crippen LogP contribution in [0.1, 0.15) is 58.8 Å². The molecule has 0 saturated carbocycles. The molecule has 0 N–H and O–H groups in total. The molecule has 0 heterocycles. The molecular weight excluding hydrogens is 340 g/mol. The van der Waals surface area contributed by atoms with Crippen LogP contribution < -0.4 is 0 Å². The van der Waals surface area contributed by atoms with Crippen molar-refractivity contribution in [2.45, 2.75) is 64.9 Å². The molecule has 0 amide bonds. The number of hydrogen-bond donors (Lipinski definition) is 0. The third-order valence-electron chi connectivity index (χ3n) is 3.52. The fourth-order valence-electron chi connectivity index (χ4n) is 2.15. The lowest BCUT2D eigenvalue weighted by molar-refractivity contribution is -0.144. The predicted octanol–water partition coefficient (Wildman–Crippen LogP) is 5.62. The Bertz CT molecular complexity index is 539. The van der Waals surface area contributed by atoms with Crippen molar-refractivity contribution in [2.24, 2.45) is 0 Å². The van der Waals surface area contributed by atoms with Crippen molar-refractivity contribution in [1.29, 1.82) is 0 Å². The van der Waals surface area contributed by atoms with Crippen molar-refractivity contribution in [3.8, 4) is 0 Å². The lowest BCUT2D eigenvalue weighted by Crippen LogP contribution is -2.12. The number of methoxy groups -OCH3 is 1. The first-order valence-corrected chi connectivity index (χ1v) is 9.62. The molecule has 0 aliphatic heterocycles. The van der Waals surface area contributed by atoms with Gasteiger partial charge in [-0.25, -0.2) is 0 Å². The second-order valence-corrected chi connectivity index (χ2v) is 5.96. The van der Waals surface area contributed by atoms with Crippen molar-refractivity contribution in [2.75, 3.05) is 7.11 Å². The van der Waals surface area contributed by atoms with Gasteiger partial charge < -0.3 is 9.47 Å². The minimum Gasteiger partial charge on any atom is -0.469 e. The van der Waals surface area contributed by atoms with Crippen LogP contribution in [0, 0.1) is 0 Å². The molecule has 0 aliphatic carbocycles. The maximum Gasteiger partial charge on any atom is 0.305 e. The molecule has 150 valence electrons. The van der Waals surface area contributed by atoms with E-state index in [9.17, 15) is 9.59 Å². The number of carbonyl (C=O) groups excluding carboxylic acids is 2. The average Bonchev–Trinajstić information content (AvgIpc) is 2.64. The molecule has 4 nitrogen and oxygen atoms in total. The lowest BCUT2D eigenvalue weighted by Gasteiger charge is -2.10. The summed E-state index contributed by atoms with van der Waals surface area (Å²) in [5, 5.41) is 0. The van der Waals surface area contributed by atoms with Crippen LogP contribution in [0.2, 0.25) is 0 Å². The lowest BCUT2D eigenvalue weighted by atomic mass is 10.2. The Labute approximate surface area is 164 Å². The predicted molar refractivity (Wildman–Crippen MR) is 111 cm³/mol. The zero-order chi connectivity index (χ0) is 20.2. The number of rotatable bonds is 14. The van der Waals surface area contributed by atoms with E-state index in [1.807, 2.05) is 30.4 Å². The van der Waals surface area contributed by atoms with Crippen LogP contribution in [-0.4, -0.2) is 25.2 Å².